The summed E-state index contributed by atoms with van der Waals surface area (Å²) >= 11 is 0. The second kappa shape index (κ2) is 7.28. The van der Waals surface area contributed by atoms with Gasteiger partial charge in [0.2, 0.25) is 0 Å². The van der Waals surface area contributed by atoms with Crippen LogP contribution in [0.15, 0.2) is 0 Å². The third kappa shape index (κ3) is 6.19. The molecule has 1 aliphatic heterocycles. The van der Waals surface area contributed by atoms with Crippen LogP contribution in [0.4, 0.5) is 4.79 Å². The van der Waals surface area contributed by atoms with E-state index in [1.807, 2.05) is 13.8 Å². The van der Waals surface area contributed by atoms with Crippen molar-refractivity contribution in [3.8, 4) is 0 Å². The van der Waals surface area contributed by atoms with E-state index in [1.165, 1.54) is 4.90 Å². The fraction of sp³-hybridized carbons (Fsp3) is 0.867. The number of carbonyl (C=O) groups is 2. The van der Waals surface area contributed by atoms with Crippen LogP contribution in [-0.4, -0.2) is 65.6 Å². The van der Waals surface area contributed by atoms with E-state index in [9.17, 15) is 9.59 Å². The second-order valence-electron chi connectivity index (χ2n) is 7.03. The highest BCUT2D eigenvalue weighted by Crippen LogP contribution is 2.26. The molecule has 0 aromatic rings. The third-order valence-electron chi connectivity index (χ3n) is 3.18. The molecule has 7 heteroatoms. The molecule has 0 aliphatic carbocycles. The van der Waals surface area contributed by atoms with Gasteiger partial charge in [0, 0.05) is 19.6 Å². The Morgan fingerprint density at radius 1 is 1.32 bits per heavy atom. The second-order valence-corrected chi connectivity index (χ2v) is 7.03. The van der Waals surface area contributed by atoms with E-state index < -0.39 is 23.2 Å². The highest BCUT2D eigenvalue weighted by molar-refractivity contribution is 5.73. The van der Waals surface area contributed by atoms with E-state index in [-0.39, 0.29) is 12.5 Å². The molecule has 0 atom stereocenters. The average molecular weight is 316 g/mol. The van der Waals surface area contributed by atoms with Gasteiger partial charge in [-0.1, -0.05) is 0 Å². The third-order valence-corrected chi connectivity index (χ3v) is 3.18. The lowest BCUT2D eigenvalue weighted by molar-refractivity contribution is -0.141. The maximum absolute atomic E-state index is 11.9. The van der Waals surface area contributed by atoms with Gasteiger partial charge >= 0.3 is 12.1 Å². The van der Waals surface area contributed by atoms with Crippen LogP contribution in [0.5, 0.6) is 0 Å². The number of aliphatic carboxylic acids is 1. The maximum Gasteiger partial charge on any atom is 0.410 e. The van der Waals surface area contributed by atoms with E-state index in [0.29, 0.717) is 26.2 Å². The lowest BCUT2D eigenvalue weighted by Crippen LogP contribution is -2.71. The van der Waals surface area contributed by atoms with Crippen LogP contribution >= 0.6 is 0 Å². The van der Waals surface area contributed by atoms with Crippen molar-refractivity contribution in [2.24, 2.45) is 0 Å². The molecule has 1 fully saturated rings. The minimum atomic E-state index is -0.888. The number of hydrogen-bond donors (Lipinski definition) is 2. The SMILES string of the molecule is CC(C)OCCNC1(CC(=O)O)CN(C(=O)OC(C)(C)C)C1. The zero-order chi connectivity index (χ0) is 17.0. The number of ether oxygens (including phenoxy) is 2. The lowest BCUT2D eigenvalue weighted by Gasteiger charge is -2.49. The van der Waals surface area contributed by atoms with Crippen LogP contribution in [0.3, 0.4) is 0 Å². The molecule has 0 aromatic heterocycles. The van der Waals surface area contributed by atoms with E-state index in [4.69, 9.17) is 14.6 Å². The normalized spacial score (nSPS) is 17.3. The van der Waals surface area contributed by atoms with Crippen molar-refractivity contribution in [2.75, 3.05) is 26.2 Å². The van der Waals surface area contributed by atoms with E-state index in [0.717, 1.165) is 0 Å². The molecule has 0 saturated carbocycles. The molecule has 0 aromatic carbocycles. The van der Waals surface area contributed by atoms with Crippen molar-refractivity contribution in [2.45, 2.75) is 58.3 Å². The minimum Gasteiger partial charge on any atom is -0.481 e. The number of hydrogen-bond acceptors (Lipinski definition) is 5. The van der Waals surface area contributed by atoms with Crippen molar-refractivity contribution < 1.29 is 24.2 Å². The lowest BCUT2D eigenvalue weighted by atomic mass is 9.86. The number of carboxylic acids is 1. The zero-order valence-electron chi connectivity index (χ0n) is 14.1. The van der Waals surface area contributed by atoms with Crippen LogP contribution in [0, 0.1) is 0 Å². The first-order chi connectivity index (χ1) is 10.0. The van der Waals surface area contributed by atoms with Crippen molar-refractivity contribution in [1.82, 2.24) is 10.2 Å². The molecule has 1 heterocycles. The Labute approximate surface area is 131 Å². The molecule has 128 valence electrons. The molecule has 22 heavy (non-hydrogen) atoms. The first-order valence-corrected chi connectivity index (χ1v) is 7.59. The Hall–Kier alpha value is -1.34. The fourth-order valence-electron chi connectivity index (χ4n) is 2.33. The molecular weight excluding hydrogens is 288 g/mol. The maximum atomic E-state index is 11.9. The Kier molecular flexibility index (Phi) is 6.19. The molecule has 0 unspecified atom stereocenters. The molecule has 0 spiro atoms. The number of carbonyl (C=O) groups excluding carboxylic acids is 1. The summed E-state index contributed by atoms with van der Waals surface area (Å²) in [5, 5.41) is 12.3. The van der Waals surface area contributed by atoms with Gasteiger partial charge in [-0.2, -0.15) is 0 Å². The van der Waals surface area contributed by atoms with Gasteiger partial charge in [0.25, 0.3) is 0 Å². The van der Waals surface area contributed by atoms with E-state index >= 15 is 0 Å². The smallest absolute Gasteiger partial charge is 0.410 e. The summed E-state index contributed by atoms with van der Waals surface area (Å²) < 4.78 is 10.7. The van der Waals surface area contributed by atoms with Crippen LogP contribution in [0.2, 0.25) is 0 Å². The summed E-state index contributed by atoms with van der Waals surface area (Å²) in [5.74, 6) is -0.888. The molecule has 1 saturated heterocycles. The summed E-state index contributed by atoms with van der Waals surface area (Å²) in [6.07, 6.45) is -0.306. The predicted octanol–water partition coefficient (Wildman–Crippen LogP) is 1.47. The van der Waals surface area contributed by atoms with Gasteiger partial charge in [0.15, 0.2) is 0 Å². The van der Waals surface area contributed by atoms with Crippen LogP contribution in [0.25, 0.3) is 0 Å². The predicted molar refractivity (Wildman–Crippen MR) is 81.9 cm³/mol. The largest absolute Gasteiger partial charge is 0.481 e. The number of amides is 1. The molecule has 0 radical (unpaired) electrons. The van der Waals surface area contributed by atoms with Crippen molar-refractivity contribution in [3.05, 3.63) is 0 Å². The quantitative estimate of drug-likeness (QED) is 0.692. The Balaban J connectivity index is 2.48. The fourth-order valence-corrected chi connectivity index (χ4v) is 2.33. The van der Waals surface area contributed by atoms with Crippen LogP contribution < -0.4 is 5.32 Å². The van der Waals surface area contributed by atoms with Crippen LogP contribution in [-0.2, 0) is 14.3 Å². The van der Waals surface area contributed by atoms with Gasteiger partial charge in [-0.3, -0.25) is 4.79 Å². The molecule has 0 bridgehead atoms. The van der Waals surface area contributed by atoms with Gasteiger partial charge in [-0.05, 0) is 34.6 Å². The topological polar surface area (TPSA) is 88.1 Å². The zero-order valence-corrected chi connectivity index (χ0v) is 14.1. The Morgan fingerprint density at radius 3 is 2.36 bits per heavy atom. The van der Waals surface area contributed by atoms with Crippen LogP contribution in [0.1, 0.15) is 41.0 Å². The number of likely N-dealkylation sites (tertiary alicyclic amines) is 1. The molecule has 1 aliphatic rings. The van der Waals surface area contributed by atoms with Gasteiger partial charge in [-0.15, -0.1) is 0 Å². The summed E-state index contributed by atoms with van der Waals surface area (Å²) in [7, 11) is 0. The summed E-state index contributed by atoms with van der Waals surface area (Å²) in [6, 6.07) is 0. The van der Waals surface area contributed by atoms with Crippen molar-refractivity contribution >= 4 is 12.1 Å². The molecule has 7 nitrogen and oxygen atoms in total. The Morgan fingerprint density at radius 2 is 1.91 bits per heavy atom. The number of carboxylic acid groups (broad SMARTS) is 1. The first kappa shape index (κ1) is 18.7. The first-order valence-electron chi connectivity index (χ1n) is 7.59. The number of nitrogens with one attached hydrogen (secondary N) is 1. The highest BCUT2D eigenvalue weighted by atomic mass is 16.6. The van der Waals surface area contributed by atoms with E-state index in [2.05, 4.69) is 5.32 Å². The van der Waals surface area contributed by atoms with Gasteiger partial charge in [-0.25, -0.2) is 4.79 Å². The average Bonchev–Trinajstić information content (AvgIpc) is 2.26. The van der Waals surface area contributed by atoms with E-state index in [1.54, 1.807) is 20.8 Å². The minimum absolute atomic E-state index is 0.0338. The van der Waals surface area contributed by atoms with Gasteiger partial charge in [0.05, 0.1) is 24.7 Å². The monoisotopic (exact) mass is 316 g/mol. The summed E-state index contributed by atoms with van der Waals surface area (Å²) in [5.41, 5.74) is -1.15. The summed E-state index contributed by atoms with van der Waals surface area (Å²) in [4.78, 5) is 24.5. The van der Waals surface area contributed by atoms with Crippen molar-refractivity contribution in [1.29, 1.82) is 0 Å². The Bertz CT molecular complexity index is 397. The van der Waals surface area contributed by atoms with Gasteiger partial charge < -0.3 is 24.8 Å². The molecular formula is C15H28N2O5. The number of nitrogens with zero attached hydrogens (tertiary/aromatic N) is 1. The van der Waals surface area contributed by atoms with Crippen molar-refractivity contribution in [3.63, 3.8) is 0 Å². The molecule has 1 amide bonds. The molecule has 1 rings (SSSR count). The van der Waals surface area contributed by atoms with Gasteiger partial charge in [0.1, 0.15) is 5.60 Å². The number of rotatable bonds is 7. The standard InChI is InChI=1S/C15H28N2O5/c1-11(2)21-7-6-16-15(8-12(18)19)9-17(10-15)13(20)22-14(3,4)5/h11,16H,6-10H2,1-5H3,(H,18,19). The summed E-state index contributed by atoms with van der Waals surface area (Å²) in [6.45, 7) is 11.0. The molecule has 2 N–H and O–H groups in total. The highest BCUT2D eigenvalue weighted by Gasteiger charge is 2.47.